The molecule has 1 spiro atoms. The minimum atomic E-state index is -0.0240. The van der Waals surface area contributed by atoms with E-state index < -0.39 is 0 Å². The van der Waals surface area contributed by atoms with E-state index in [1.54, 1.807) is 12.1 Å². The molecule has 4 rings (SSSR count). The summed E-state index contributed by atoms with van der Waals surface area (Å²) in [4.78, 5) is 12.6. The van der Waals surface area contributed by atoms with E-state index in [1.165, 1.54) is 30.8 Å². The highest BCUT2D eigenvalue weighted by Gasteiger charge is 2.55. The van der Waals surface area contributed by atoms with Gasteiger partial charge in [0.25, 0.3) is 0 Å². The molecule has 2 atom stereocenters. The molecule has 0 amide bonds. The van der Waals surface area contributed by atoms with Crippen LogP contribution in [0.2, 0.25) is 0 Å². The summed E-state index contributed by atoms with van der Waals surface area (Å²) in [6.45, 7) is 0.311. The molecule has 2 bridgehead atoms. The number of esters is 1. The minimum Gasteiger partial charge on any atom is -0.461 e. The number of thioether (sulfide) groups is 2. The maximum absolute atomic E-state index is 12.6. The molecule has 1 aromatic carbocycles. The predicted octanol–water partition coefficient (Wildman–Crippen LogP) is 4.60. The Morgan fingerprint density at radius 2 is 1.80 bits per heavy atom. The van der Waals surface area contributed by atoms with Crippen LogP contribution in [0.15, 0.2) is 24.3 Å². The van der Waals surface area contributed by atoms with E-state index in [0.717, 1.165) is 18.4 Å². The second kappa shape index (κ2) is 7.25. The molecule has 0 N–H and O–H groups in total. The van der Waals surface area contributed by atoms with Crippen LogP contribution in [0, 0.1) is 29.1 Å². The zero-order chi connectivity index (χ0) is 17.3. The van der Waals surface area contributed by atoms with Crippen LogP contribution in [0.4, 0.5) is 0 Å². The van der Waals surface area contributed by atoms with Gasteiger partial charge in [-0.25, -0.2) is 0 Å². The molecule has 25 heavy (non-hydrogen) atoms. The van der Waals surface area contributed by atoms with E-state index in [0.29, 0.717) is 28.1 Å². The number of hydrogen-bond donors (Lipinski definition) is 0. The Bertz CT molecular complexity index is 660. The van der Waals surface area contributed by atoms with Crippen LogP contribution in [-0.4, -0.2) is 21.6 Å². The second-order valence-electron chi connectivity index (χ2n) is 7.33. The highest BCUT2D eigenvalue weighted by Crippen LogP contribution is 2.64. The minimum absolute atomic E-state index is 0.0240. The highest BCUT2D eigenvalue weighted by molar-refractivity contribution is 8.21. The molecular formula is C20H23NO2S2. The molecule has 1 heterocycles. The van der Waals surface area contributed by atoms with Crippen LogP contribution < -0.4 is 0 Å². The summed E-state index contributed by atoms with van der Waals surface area (Å²) in [5.41, 5.74) is 1.58. The number of hydrogen-bond acceptors (Lipinski definition) is 5. The molecule has 3 aliphatic rings. The zero-order valence-corrected chi connectivity index (χ0v) is 15.9. The quantitative estimate of drug-likeness (QED) is 0.725. The average Bonchev–Trinajstić information content (AvgIpc) is 3.09. The van der Waals surface area contributed by atoms with Crippen molar-refractivity contribution in [3.63, 3.8) is 0 Å². The van der Waals surface area contributed by atoms with Crippen molar-refractivity contribution in [1.82, 2.24) is 0 Å². The first-order chi connectivity index (χ1) is 12.2. The van der Waals surface area contributed by atoms with Crippen LogP contribution >= 0.6 is 23.5 Å². The summed E-state index contributed by atoms with van der Waals surface area (Å²) in [6.07, 6.45) is 5.88. The number of carbonyl (C=O) groups excluding carboxylic acids is 1. The summed E-state index contributed by atoms with van der Waals surface area (Å²) in [7, 11) is 0. The van der Waals surface area contributed by atoms with E-state index in [-0.39, 0.29) is 11.9 Å². The van der Waals surface area contributed by atoms with Crippen molar-refractivity contribution in [3.8, 4) is 6.07 Å². The van der Waals surface area contributed by atoms with Gasteiger partial charge in [-0.05, 0) is 55.2 Å². The van der Waals surface area contributed by atoms with Gasteiger partial charge in [-0.3, -0.25) is 4.79 Å². The molecule has 2 saturated carbocycles. The van der Waals surface area contributed by atoms with Crippen molar-refractivity contribution in [1.29, 1.82) is 5.26 Å². The Morgan fingerprint density at radius 3 is 2.40 bits per heavy atom. The van der Waals surface area contributed by atoms with Crippen LogP contribution in [-0.2, 0) is 16.1 Å². The van der Waals surface area contributed by atoms with Crippen LogP contribution in [0.3, 0.4) is 0 Å². The first-order valence-electron chi connectivity index (χ1n) is 9.15. The van der Waals surface area contributed by atoms with Gasteiger partial charge in [0.05, 0.1) is 21.6 Å². The van der Waals surface area contributed by atoms with Gasteiger partial charge in [-0.1, -0.05) is 18.6 Å². The summed E-state index contributed by atoms with van der Waals surface area (Å²) < 4.78 is 6.03. The predicted molar refractivity (Wildman–Crippen MR) is 102 cm³/mol. The fourth-order valence-corrected chi connectivity index (χ4v) is 8.69. The third-order valence-corrected chi connectivity index (χ3v) is 9.94. The van der Waals surface area contributed by atoms with Gasteiger partial charge < -0.3 is 4.74 Å². The molecule has 1 aliphatic heterocycles. The number of carbonyl (C=O) groups is 1. The molecule has 3 nitrogen and oxygen atoms in total. The Kier molecular flexibility index (Phi) is 5.01. The molecule has 1 aromatic rings. The Hall–Kier alpha value is -1.12. The smallest absolute Gasteiger partial charge is 0.309 e. The number of ether oxygens (including phenoxy) is 1. The normalized spacial score (nSPS) is 30.0. The summed E-state index contributed by atoms with van der Waals surface area (Å²) in [5, 5.41) is 8.84. The lowest BCUT2D eigenvalue weighted by molar-refractivity contribution is -0.152. The number of benzene rings is 1. The third-order valence-electron chi connectivity index (χ3n) is 5.92. The highest BCUT2D eigenvalue weighted by atomic mass is 32.2. The summed E-state index contributed by atoms with van der Waals surface area (Å²) in [5.74, 6) is 3.93. The maximum atomic E-state index is 12.6. The monoisotopic (exact) mass is 373 g/mol. The first-order valence-corrected chi connectivity index (χ1v) is 11.1. The van der Waals surface area contributed by atoms with E-state index in [2.05, 4.69) is 29.6 Å². The fourth-order valence-electron chi connectivity index (χ4n) is 4.75. The third kappa shape index (κ3) is 3.31. The van der Waals surface area contributed by atoms with Crippen molar-refractivity contribution in [3.05, 3.63) is 35.4 Å². The lowest BCUT2D eigenvalue weighted by atomic mass is 9.67. The van der Waals surface area contributed by atoms with Crippen molar-refractivity contribution in [2.75, 3.05) is 11.5 Å². The Labute approximate surface area is 157 Å². The summed E-state index contributed by atoms with van der Waals surface area (Å²) >= 11 is 4.34. The molecule has 0 aromatic heterocycles. The molecular weight excluding hydrogens is 350 g/mol. The molecule has 0 radical (unpaired) electrons. The average molecular weight is 374 g/mol. The van der Waals surface area contributed by atoms with E-state index >= 15 is 0 Å². The standard InChI is InChI=1S/C20H23NO2S2/c21-12-14-4-6-15(7-5-14)13-23-19(22)16-10-17-2-1-3-18(11-16)20(17)24-8-9-25-20/h4-7,16-18H,1-3,8-11,13H2. The van der Waals surface area contributed by atoms with Crippen molar-refractivity contribution in [2.45, 2.75) is 42.8 Å². The molecule has 2 unspecified atom stereocenters. The SMILES string of the molecule is N#Cc1ccc(COC(=O)C2CC3CCCC(C2)C32SCCS2)cc1. The molecule has 3 fully saturated rings. The molecule has 5 heteroatoms. The maximum Gasteiger partial charge on any atom is 0.309 e. The number of nitriles is 1. The van der Waals surface area contributed by atoms with Crippen molar-refractivity contribution < 1.29 is 9.53 Å². The number of rotatable bonds is 3. The first kappa shape index (κ1) is 17.3. The van der Waals surface area contributed by atoms with Crippen molar-refractivity contribution in [2.24, 2.45) is 17.8 Å². The van der Waals surface area contributed by atoms with Crippen LogP contribution in [0.5, 0.6) is 0 Å². The zero-order valence-electron chi connectivity index (χ0n) is 14.3. The van der Waals surface area contributed by atoms with Gasteiger partial charge in [-0.15, -0.1) is 23.5 Å². The topological polar surface area (TPSA) is 50.1 Å². The molecule has 2 aliphatic carbocycles. The lowest BCUT2D eigenvalue weighted by Gasteiger charge is -2.51. The van der Waals surface area contributed by atoms with E-state index in [1.807, 2.05) is 12.1 Å². The van der Waals surface area contributed by atoms with Crippen LogP contribution in [0.1, 0.15) is 43.2 Å². The Balaban J connectivity index is 1.37. The molecule has 132 valence electrons. The van der Waals surface area contributed by atoms with Crippen LogP contribution in [0.25, 0.3) is 0 Å². The largest absolute Gasteiger partial charge is 0.461 e. The molecule has 1 saturated heterocycles. The Morgan fingerprint density at radius 1 is 1.16 bits per heavy atom. The summed E-state index contributed by atoms with van der Waals surface area (Å²) in [6, 6.07) is 9.37. The number of nitrogens with zero attached hydrogens (tertiary/aromatic N) is 1. The van der Waals surface area contributed by atoms with Gasteiger partial charge in [0, 0.05) is 11.5 Å². The van der Waals surface area contributed by atoms with Gasteiger partial charge in [0.2, 0.25) is 0 Å². The van der Waals surface area contributed by atoms with E-state index in [4.69, 9.17) is 10.00 Å². The van der Waals surface area contributed by atoms with Gasteiger partial charge >= 0.3 is 5.97 Å². The van der Waals surface area contributed by atoms with Gasteiger partial charge in [0.15, 0.2) is 0 Å². The fraction of sp³-hybridized carbons (Fsp3) is 0.600. The lowest BCUT2D eigenvalue weighted by Crippen LogP contribution is -2.48. The second-order valence-corrected chi connectivity index (χ2v) is 10.3. The van der Waals surface area contributed by atoms with E-state index in [9.17, 15) is 4.79 Å². The van der Waals surface area contributed by atoms with Gasteiger partial charge in [-0.2, -0.15) is 5.26 Å². The van der Waals surface area contributed by atoms with Crippen molar-refractivity contribution >= 4 is 29.5 Å². The van der Waals surface area contributed by atoms with Gasteiger partial charge in [0.1, 0.15) is 6.61 Å².